The lowest BCUT2D eigenvalue weighted by Gasteiger charge is -2.14. The molecule has 2 aromatic rings. The average Bonchev–Trinajstić information content (AvgIpc) is 2.64. The van der Waals surface area contributed by atoms with Crippen molar-refractivity contribution >= 4 is 11.6 Å². The molecule has 0 saturated heterocycles. The Morgan fingerprint density at radius 1 is 1.35 bits per heavy atom. The Morgan fingerprint density at radius 2 is 2.06 bits per heavy atom. The van der Waals surface area contributed by atoms with Crippen LogP contribution in [0.25, 0.3) is 11.4 Å². The zero-order valence-electron chi connectivity index (χ0n) is 9.77. The lowest BCUT2D eigenvalue weighted by molar-refractivity contribution is 0.348. The van der Waals surface area contributed by atoms with Gasteiger partial charge in [0.15, 0.2) is 0 Å². The monoisotopic (exact) mass is 251 g/mol. The second-order valence-electron chi connectivity index (χ2n) is 4.66. The molecule has 1 aromatic carbocycles. The van der Waals surface area contributed by atoms with E-state index in [2.05, 4.69) is 10.1 Å². The van der Waals surface area contributed by atoms with Crippen LogP contribution in [0.1, 0.15) is 19.7 Å². The van der Waals surface area contributed by atoms with Crippen LogP contribution in [-0.2, 0) is 6.42 Å². The maximum Gasteiger partial charge on any atom is 0.228 e. The molecular weight excluding hydrogens is 238 g/mol. The molecule has 0 aliphatic heterocycles. The lowest BCUT2D eigenvalue weighted by atomic mass is 10.0. The molecule has 0 unspecified atom stereocenters. The Bertz CT molecular complexity index is 516. The van der Waals surface area contributed by atoms with Gasteiger partial charge in [0.05, 0.1) is 5.02 Å². The van der Waals surface area contributed by atoms with Crippen molar-refractivity contribution in [2.75, 3.05) is 0 Å². The van der Waals surface area contributed by atoms with Crippen LogP contribution in [0, 0.1) is 0 Å². The van der Waals surface area contributed by atoms with Gasteiger partial charge in [-0.25, -0.2) is 0 Å². The quantitative estimate of drug-likeness (QED) is 0.911. The van der Waals surface area contributed by atoms with E-state index >= 15 is 0 Å². The summed E-state index contributed by atoms with van der Waals surface area (Å²) in [6.45, 7) is 3.82. The number of benzene rings is 1. The first-order valence-corrected chi connectivity index (χ1v) is 5.70. The van der Waals surface area contributed by atoms with Gasteiger partial charge in [-0.1, -0.05) is 28.9 Å². The Labute approximate surface area is 105 Å². The molecule has 0 radical (unpaired) electrons. The Balaban J connectivity index is 2.28. The molecule has 1 heterocycles. The van der Waals surface area contributed by atoms with E-state index in [1.54, 1.807) is 6.07 Å². The summed E-state index contributed by atoms with van der Waals surface area (Å²) < 4.78 is 5.15. The molecule has 4 nitrogen and oxygen atoms in total. The van der Waals surface area contributed by atoms with E-state index in [0.29, 0.717) is 23.2 Å². The third-order valence-corrected chi connectivity index (χ3v) is 2.52. The van der Waals surface area contributed by atoms with Gasteiger partial charge in [0.25, 0.3) is 0 Å². The van der Waals surface area contributed by atoms with Crippen LogP contribution < -0.4 is 5.73 Å². The minimum Gasteiger partial charge on any atom is -0.339 e. The van der Waals surface area contributed by atoms with Crippen molar-refractivity contribution in [3.63, 3.8) is 0 Å². The summed E-state index contributed by atoms with van der Waals surface area (Å²) in [5.74, 6) is 1.02. The van der Waals surface area contributed by atoms with Gasteiger partial charge in [0.2, 0.25) is 11.7 Å². The molecule has 90 valence electrons. The molecule has 2 rings (SSSR count). The van der Waals surface area contributed by atoms with Crippen LogP contribution >= 0.6 is 11.6 Å². The second-order valence-corrected chi connectivity index (χ2v) is 5.06. The molecule has 2 N–H and O–H groups in total. The predicted octanol–water partition coefficient (Wildman–Crippen LogP) is 2.67. The second kappa shape index (κ2) is 4.47. The lowest BCUT2D eigenvalue weighted by Crippen LogP contribution is -2.34. The highest BCUT2D eigenvalue weighted by Crippen LogP contribution is 2.25. The van der Waals surface area contributed by atoms with Gasteiger partial charge in [-0.2, -0.15) is 4.98 Å². The molecule has 1 aromatic heterocycles. The van der Waals surface area contributed by atoms with E-state index in [-0.39, 0.29) is 5.54 Å². The van der Waals surface area contributed by atoms with Crippen LogP contribution in [-0.4, -0.2) is 15.7 Å². The zero-order chi connectivity index (χ0) is 12.5. The first-order valence-electron chi connectivity index (χ1n) is 5.32. The summed E-state index contributed by atoms with van der Waals surface area (Å²) in [5, 5.41) is 4.51. The molecule has 5 heteroatoms. The van der Waals surface area contributed by atoms with E-state index in [9.17, 15) is 0 Å². The topological polar surface area (TPSA) is 64.9 Å². The predicted molar refractivity (Wildman–Crippen MR) is 66.7 cm³/mol. The molecule has 0 fully saturated rings. The molecule has 0 amide bonds. The third-order valence-electron chi connectivity index (χ3n) is 2.19. The van der Waals surface area contributed by atoms with Crippen LogP contribution in [0.4, 0.5) is 0 Å². The van der Waals surface area contributed by atoms with Crippen molar-refractivity contribution in [3.05, 3.63) is 35.2 Å². The average molecular weight is 252 g/mol. The normalized spacial score (nSPS) is 11.8. The zero-order valence-corrected chi connectivity index (χ0v) is 10.5. The number of halogens is 1. The molecule has 0 aliphatic rings. The van der Waals surface area contributed by atoms with E-state index in [4.69, 9.17) is 21.9 Å². The van der Waals surface area contributed by atoms with Crippen molar-refractivity contribution in [1.82, 2.24) is 10.1 Å². The van der Waals surface area contributed by atoms with Crippen molar-refractivity contribution < 1.29 is 4.52 Å². The summed E-state index contributed by atoms with van der Waals surface area (Å²) in [6.07, 6.45) is 0.532. The van der Waals surface area contributed by atoms with E-state index in [1.165, 1.54) is 0 Å². The Hall–Kier alpha value is -1.39. The highest BCUT2D eigenvalue weighted by molar-refractivity contribution is 6.33. The molecule has 0 saturated carbocycles. The van der Waals surface area contributed by atoms with Gasteiger partial charge in [-0.15, -0.1) is 0 Å². The van der Waals surface area contributed by atoms with Gasteiger partial charge < -0.3 is 10.3 Å². The van der Waals surface area contributed by atoms with Crippen LogP contribution in [0.15, 0.2) is 28.8 Å². The first-order chi connectivity index (χ1) is 7.96. The van der Waals surface area contributed by atoms with Gasteiger partial charge >= 0.3 is 0 Å². The SMILES string of the molecule is CC(C)(N)Cc1nc(-c2ccccc2Cl)no1. The Morgan fingerprint density at radius 3 is 2.71 bits per heavy atom. The van der Waals surface area contributed by atoms with Gasteiger partial charge in [-0.3, -0.25) is 0 Å². The summed E-state index contributed by atoms with van der Waals surface area (Å²) in [5.41, 5.74) is 6.28. The smallest absolute Gasteiger partial charge is 0.228 e. The Kier molecular flexibility index (Phi) is 3.17. The standard InChI is InChI=1S/C12H14ClN3O/c1-12(2,14)7-10-15-11(16-17-10)8-5-3-4-6-9(8)13/h3-6H,7,14H2,1-2H3. The van der Waals surface area contributed by atoms with Gasteiger partial charge in [0.1, 0.15) is 0 Å². The highest BCUT2D eigenvalue weighted by Gasteiger charge is 2.18. The molecule has 0 bridgehead atoms. The first kappa shape index (κ1) is 12.1. The number of hydrogen-bond donors (Lipinski definition) is 1. The molecule has 0 spiro atoms. The molecule has 17 heavy (non-hydrogen) atoms. The number of rotatable bonds is 3. The van der Waals surface area contributed by atoms with Gasteiger partial charge in [0, 0.05) is 17.5 Å². The van der Waals surface area contributed by atoms with Crippen LogP contribution in [0.3, 0.4) is 0 Å². The number of aromatic nitrogens is 2. The molecule has 0 atom stereocenters. The summed E-state index contributed by atoms with van der Waals surface area (Å²) in [7, 11) is 0. The number of nitrogens with zero attached hydrogens (tertiary/aromatic N) is 2. The summed E-state index contributed by atoms with van der Waals surface area (Å²) in [6, 6.07) is 7.38. The van der Waals surface area contributed by atoms with Crippen LogP contribution in [0.2, 0.25) is 5.02 Å². The third kappa shape index (κ3) is 3.05. The fourth-order valence-corrected chi connectivity index (χ4v) is 1.69. The largest absolute Gasteiger partial charge is 0.339 e. The summed E-state index contributed by atoms with van der Waals surface area (Å²) in [4.78, 5) is 4.28. The fraction of sp³-hybridized carbons (Fsp3) is 0.333. The molecular formula is C12H14ClN3O. The van der Waals surface area contributed by atoms with E-state index in [0.717, 1.165) is 5.56 Å². The van der Waals surface area contributed by atoms with Crippen molar-refractivity contribution in [2.45, 2.75) is 25.8 Å². The van der Waals surface area contributed by atoms with Crippen molar-refractivity contribution in [2.24, 2.45) is 5.73 Å². The number of hydrogen-bond acceptors (Lipinski definition) is 4. The van der Waals surface area contributed by atoms with Gasteiger partial charge in [-0.05, 0) is 26.0 Å². The van der Waals surface area contributed by atoms with Crippen molar-refractivity contribution in [3.8, 4) is 11.4 Å². The van der Waals surface area contributed by atoms with Crippen LogP contribution in [0.5, 0.6) is 0 Å². The van der Waals surface area contributed by atoms with Crippen molar-refractivity contribution in [1.29, 1.82) is 0 Å². The summed E-state index contributed by atoms with van der Waals surface area (Å²) >= 11 is 6.05. The maximum atomic E-state index is 6.05. The highest BCUT2D eigenvalue weighted by atomic mass is 35.5. The minimum atomic E-state index is -0.371. The van der Waals surface area contributed by atoms with E-state index < -0.39 is 0 Å². The molecule has 0 aliphatic carbocycles. The van der Waals surface area contributed by atoms with E-state index in [1.807, 2.05) is 32.0 Å². The fourth-order valence-electron chi connectivity index (χ4n) is 1.47. The minimum absolute atomic E-state index is 0.371. The number of nitrogens with two attached hydrogens (primary N) is 1. The maximum absolute atomic E-state index is 6.05.